The topological polar surface area (TPSA) is 84.2 Å². The van der Waals surface area contributed by atoms with Crippen molar-refractivity contribution in [3.05, 3.63) is 111 Å². The fourth-order valence-corrected chi connectivity index (χ4v) is 4.42. The summed E-state index contributed by atoms with van der Waals surface area (Å²) < 4.78 is 11.3. The molecule has 1 aromatic heterocycles. The Kier molecular flexibility index (Phi) is 8.35. The van der Waals surface area contributed by atoms with Crippen LogP contribution < -0.4 is 14.8 Å². The summed E-state index contributed by atoms with van der Waals surface area (Å²) in [4.78, 5) is 17.9. The minimum absolute atomic E-state index is 0.0575. The highest BCUT2D eigenvalue weighted by Gasteiger charge is 2.14. The van der Waals surface area contributed by atoms with Gasteiger partial charge in [0.15, 0.2) is 16.6 Å². The summed E-state index contributed by atoms with van der Waals surface area (Å²) >= 11 is 7.57. The molecule has 0 aliphatic carbocycles. The number of methoxy groups -OCH3 is 1. The molecular formula is C28H22ClN3O3S. The molecule has 4 aromatic rings. The molecule has 0 fully saturated rings. The maximum absolute atomic E-state index is 12.7. The van der Waals surface area contributed by atoms with Crippen LogP contribution in [-0.2, 0) is 17.8 Å². The molecule has 6 nitrogen and oxygen atoms in total. The number of benzene rings is 3. The molecule has 4 rings (SSSR count). The Morgan fingerprint density at radius 3 is 2.64 bits per heavy atom. The summed E-state index contributed by atoms with van der Waals surface area (Å²) in [7, 11) is 1.54. The van der Waals surface area contributed by atoms with Crippen LogP contribution in [0.4, 0.5) is 5.13 Å². The lowest BCUT2D eigenvalue weighted by Crippen LogP contribution is -2.13. The van der Waals surface area contributed by atoms with Crippen LogP contribution in [0.25, 0.3) is 6.08 Å². The second kappa shape index (κ2) is 12.0. The molecule has 0 atom stereocenters. The van der Waals surface area contributed by atoms with Crippen molar-refractivity contribution in [2.24, 2.45) is 0 Å². The lowest BCUT2D eigenvalue weighted by Gasteiger charge is -2.11. The van der Waals surface area contributed by atoms with Gasteiger partial charge in [-0.05, 0) is 41.0 Å². The minimum Gasteiger partial charge on any atom is -0.493 e. The molecule has 0 aliphatic rings. The van der Waals surface area contributed by atoms with E-state index < -0.39 is 5.91 Å². The fourth-order valence-electron chi connectivity index (χ4n) is 3.38. The van der Waals surface area contributed by atoms with Gasteiger partial charge in [0.1, 0.15) is 18.2 Å². The Morgan fingerprint density at radius 2 is 1.89 bits per heavy atom. The van der Waals surface area contributed by atoms with Crippen LogP contribution in [0, 0.1) is 11.3 Å². The number of carbonyl (C=O) groups excluding carboxylic acids is 1. The summed E-state index contributed by atoms with van der Waals surface area (Å²) in [6.07, 6.45) is 3.79. The molecule has 8 heteroatoms. The molecule has 0 aliphatic heterocycles. The zero-order valence-corrected chi connectivity index (χ0v) is 21.0. The molecule has 1 heterocycles. The van der Waals surface area contributed by atoms with E-state index in [4.69, 9.17) is 21.1 Å². The summed E-state index contributed by atoms with van der Waals surface area (Å²) in [5.74, 6) is 0.524. The molecule has 36 heavy (non-hydrogen) atoms. The first-order valence-electron chi connectivity index (χ1n) is 11.0. The average Bonchev–Trinajstić information content (AvgIpc) is 3.34. The van der Waals surface area contributed by atoms with Crippen molar-refractivity contribution < 1.29 is 14.3 Å². The van der Waals surface area contributed by atoms with Crippen LogP contribution in [0.3, 0.4) is 0 Å². The van der Waals surface area contributed by atoms with E-state index in [9.17, 15) is 10.1 Å². The molecule has 0 spiro atoms. The Labute approximate surface area is 218 Å². The molecule has 0 saturated heterocycles. The number of ether oxygens (including phenoxy) is 2. The maximum atomic E-state index is 12.7. The Bertz CT molecular complexity index is 1430. The zero-order valence-electron chi connectivity index (χ0n) is 19.4. The van der Waals surface area contributed by atoms with Crippen LogP contribution in [0.5, 0.6) is 11.5 Å². The fraction of sp³-hybridized carbons (Fsp3) is 0.107. The number of hydrogen-bond acceptors (Lipinski definition) is 6. The lowest BCUT2D eigenvalue weighted by molar-refractivity contribution is -0.112. The summed E-state index contributed by atoms with van der Waals surface area (Å²) in [5, 5.41) is 13.4. The van der Waals surface area contributed by atoms with E-state index in [1.54, 1.807) is 31.5 Å². The van der Waals surface area contributed by atoms with E-state index in [2.05, 4.69) is 10.3 Å². The molecule has 0 bridgehead atoms. The van der Waals surface area contributed by atoms with Crippen LogP contribution in [0.2, 0.25) is 5.02 Å². The minimum atomic E-state index is -0.542. The number of nitrogens with one attached hydrogen (secondary N) is 1. The van der Waals surface area contributed by atoms with Crippen molar-refractivity contribution in [3.63, 3.8) is 0 Å². The number of nitriles is 1. The Balaban J connectivity index is 1.43. The number of thiazole rings is 1. The summed E-state index contributed by atoms with van der Waals surface area (Å²) in [6.45, 7) is 0.393. The summed E-state index contributed by atoms with van der Waals surface area (Å²) in [6, 6.07) is 24.6. The second-order valence-electron chi connectivity index (χ2n) is 7.71. The van der Waals surface area contributed by atoms with Gasteiger partial charge in [-0.3, -0.25) is 10.1 Å². The predicted molar refractivity (Wildman–Crippen MR) is 142 cm³/mol. The standard InChI is InChI=1S/C28H22ClN3O3S/c1-34-26-14-20(11-12-25(26)35-18-19-7-3-2-4-8-19)13-22(16-30)27(33)32-28-31-17-23(36-28)15-21-9-5-6-10-24(21)29/h2-14,17H,15,18H2,1H3,(H,31,32,33). The van der Waals surface area contributed by atoms with Crippen LogP contribution in [-0.4, -0.2) is 18.0 Å². The highest BCUT2D eigenvalue weighted by Crippen LogP contribution is 2.30. The van der Waals surface area contributed by atoms with Crippen LogP contribution in [0.1, 0.15) is 21.6 Å². The number of aromatic nitrogens is 1. The Hall–Kier alpha value is -4.12. The monoisotopic (exact) mass is 515 g/mol. The SMILES string of the molecule is COc1cc(C=C(C#N)C(=O)Nc2ncc(Cc3ccccc3Cl)s2)ccc1OCc1ccccc1. The number of hydrogen-bond donors (Lipinski definition) is 1. The van der Waals surface area contributed by atoms with E-state index in [1.807, 2.05) is 60.7 Å². The van der Waals surface area contributed by atoms with Gasteiger partial charge in [0.05, 0.1) is 7.11 Å². The quantitative estimate of drug-likeness (QED) is 0.202. The number of carbonyl (C=O) groups is 1. The normalized spacial score (nSPS) is 11.0. The van der Waals surface area contributed by atoms with Crippen molar-refractivity contribution in [2.75, 3.05) is 12.4 Å². The zero-order chi connectivity index (χ0) is 25.3. The molecule has 0 saturated carbocycles. The number of nitrogens with zero attached hydrogens (tertiary/aromatic N) is 2. The number of amides is 1. The van der Waals surface area contributed by atoms with Gasteiger partial charge in [0.25, 0.3) is 5.91 Å². The first-order chi connectivity index (χ1) is 17.6. The first-order valence-corrected chi connectivity index (χ1v) is 12.2. The predicted octanol–water partition coefficient (Wildman–Crippen LogP) is 6.52. The van der Waals surface area contributed by atoms with Crippen molar-refractivity contribution >= 4 is 40.1 Å². The average molecular weight is 516 g/mol. The first kappa shape index (κ1) is 25.0. The molecule has 0 unspecified atom stereocenters. The smallest absolute Gasteiger partial charge is 0.268 e. The Morgan fingerprint density at radius 1 is 1.11 bits per heavy atom. The third kappa shape index (κ3) is 6.51. The number of rotatable bonds is 9. The second-order valence-corrected chi connectivity index (χ2v) is 9.23. The van der Waals surface area contributed by atoms with Gasteiger partial charge in [0.2, 0.25) is 0 Å². The third-order valence-corrected chi connectivity index (χ3v) is 6.48. The highest BCUT2D eigenvalue weighted by molar-refractivity contribution is 7.15. The largest absolute Gasteiger partial charge is 0.493 e. The number of halogens is 1. The summed E-state index contributed by atoms with van der Waals surface area (Å²) in [5.41, 5.74) is 2.58. The van der Waals surface area contributed by atoms with Gasteiger partial charge in [-0.25, -0.2) is 4.98 Å². The van der Waals surface area contributed by atoms with E-state index in [0.29, 0.717) is 40.2 Å². The van der Waals surface area contributed by atoms with E-state index in [-0.39, 0.29) is 5.57 Å². The molecule has 3 aromatic carbocycles. The van der Waals surface area contributed by atoms with E-state index >= 15 is 0 Å². The highest BCUT2D eigenvalue weighted by atomic mass is 35.5. The van der Waals surface area contributed by atoms with Crippen molar-refractivity contribution in [1.82, 2.24) is 4.98 Å². The molecule has 1 N–H and O–H groups in total. The molecule has 1 amide bonds. The van der Waals surface area contributed by atoms with Crippen LogP contribution >= 0.6 is 22.9 Å². The van der Waals surface area contributed by atoms with E-state index in [1.165, 1.54) is 17.4 Å². The van der Waals surface area contributed by atoms with Gasteiger partial charge in [-0.15, -0.1) is 11.3 Å². The molecule has 0 radical (unpaired) electrons. The van der Waals surface area contributed by atoms with Gasteiger partial charge in [-0.1, -0.05) is 66.2 Å². The van der Waals surface area contributed by atoms with E-state index in [0.717, 1.165) is 16.0 Å². The van der Waals surface area contributed by atoms with Crippen molar-refractivity contribution in [3.8, 4) is 17.6 Å². The molecular weight excluding hydrogens is 494 g/mol. The van der Waals surface area contributed by atoms with Crippen LogP contribution in [0.15, 0.2) is 84.6 Å². The van der Waals surface area contributed by atoms with Crippen molar-refractivity contribution in [1.29, 1.82) is 5.26 Å². The van der Waals surface area contributed by atoms with Gasteiger partial charge in [0, 0.05) is 22.5 Å². The lowest BCUT2D eigenvalue weighted by atomic mass is 10.1. The third-order valence-electron chi connectivity index (χ3n) is 5.20. The molecule has 180 valence electrons. The van der Waals surface area contributed by atoms with Crippen molar-refractivity contribution in [2.45, 2.75) is 13.0 Å². The van der Waals surface area contributed by atoms with Gasteiger partial charge < -0.3 is 9.47 Å². The maximum Gasteiger partial charge on any atom is 0.268 e. The van der Waals surface area contributed by atoms with Gasteiger partial charge >= 0.3 is 0 Å². The number of anilines is 1. The van der Waals surface area contributed by atoms with Gasteiger partial charge in [-0.2, -0.15) is 5.26 Å².